The number of likely N-dealkylation sites (tertiary alicyclic amines) is 1. The second-order valence-electron chi connectivity index (χ2n) is 4.70. The molecule has 6 heteroatoms. The second-order valence-corrected chi connectivity index (χ2v) is 5.62. The van der Waals surface area contributed by atoms with Crippen LogP contribution >= 0.6 is 15.9 Å². The van der Waals surface area contributed by atoms with Gasteiger partial charge in [-0.3, -0.25) is 9.69 Å². The topological polar surface area (TPSA) is 68.5 Å². The zero-order chi connectivity index (χ0) is 13.8. The van der Waals surface area contributed by atoms with E-state index >= 15 is 0 Å². The number of aromatic nitrogens is 1. The van der Waals surface area contributed by atoms with E-state index in [0.29, 0.717) is 12.4 Å². The van der Waals surface area contributed by atoms with Crippen molar-refractivity contribution in [3.8, 4) is 0 Å². The molecular weight excluding hydrogens is 310 g/mol. The van der Waals surface area contributed by atoms with Crippen molar-refractivity contribution < 1.29 is 9.53 Å². The van der Waals surface area contributed by atoms with Gasteiger partial charge in [-0.25, -0.2) is 4.98 Å². The SMILES string of the molecule is COC(=O)C1CCCCN1Cc1cc(Br)cnc1N. The molecule has 0 radical (unpaired) electrons. The predicted octanol–water partition coefficient (Wildman–Crippen LogP) is 1.95. The van der Waals surface area contributed by atoms with Crippen LogP contribution in [0.4, 0.5) is 5.82 Å². The fourth-order valence-electron chi connectivity index (χ4n) is 2.42. The zero-order valence-corrected chi connectivity index (χ0v) is 12.5. The molecule has 0 spiro atoms. The number of ether oxygens (including phenoxy) is 1. The summed E-state index contributed by atoms with van der Waals surface area (Å²) in [6.07, 6.45) is 4.66. The molecule has 1 unspecified atom stereocenters. The Balaban J connectivity index is 2.15. The molecular formula is C13H18BrN3O2. The molecule has 1 aromatic rings. The van der Waals surface area contributed by atoms with Crippen molar-refractivity contribution in [1.82, 2.24) is 9.88 Å². The highest BCUT2D eigenvalue weighted by Gasteiger charge is 2.29. The predicted molar refractivity (Wildman–Crippen MR) is 76.4 cm³/mol. The van der Waals surface area contributed by atoms with Crippen molar-refractivity contribution in [2.45, 2.75) is 31.8 Å². The Morgan fingerprint density at radius 3 is 3.16 bits per heavy atom. The summed E-state index contributed by atoms with van der Waals surface area (Å²) >= 11 is 3.39. The van der Waals surface area contributed by atoms with E-state index in [0.717, 1.165) is 35.8 Å². The van der Waals surface area contributed by atoms with Crippen LogP contribution in [-0.4, -0.2) is 35.5 Å². The fourth-order valence-corrected chi connectivity index (χ4v) is 2.80. The van der Waals surface area contributed by atoms with Gasteiger partial charge >= 0.3 is 5.97 Å². The number of methoxy groups -OCH3 is 1. The molecule has 2 N–H and O–H groups in total. The Morgan fingerprint density at radius 1 is 1.63 bits per heavy atom. The first-order chi connectivity index (χ1) is 9.11. The van der Waals surface area contributed by atoms with E-state index in [4.69, 9.17) is 10.5 Å². The van der Waals surface area contributed by atoms with Crippen LogP contribution < -0.4 is 5.73 Å². The van der Waals surface area contributed by atoms with Crippen LogP contribution in [0.3, 0.4) is 0 Å². The number of anilines is 1. The van der Waals surface area contributed by atoms with Crippen molar-refractivity contribution in [1.29, 1.82) is 0 Å². The average Bonchev–Trinajstić information content (AvgIpc) is 2.42. The maximum atomic E-state index is 11.8. The van der Waals surface area contributed by atoms with Crippen LogP contribution in [0.5, 0.6) is 0 Å². The van der Waals surface area contributed by atoms with E-state index in [1.54, 1.807) is 6.20 Å². The minimum absolute atomic E-state index is 0.166. The van der Waals surface area contributed by atoms with Crippen LogP contribution in [0.2, 0.25) is 0 Å². The molecule has 1 aromatic heterocycles. The van der Waals surface area contributed by atoms with Gasteiger partial charge in [0, 0.05) is 22.8 Å². The van der Waals surface area contributed by atoms with Gasteiger partial charge in [0.2, 0.25) is 0 Å². The number of hydrogen-bond acceptors (Lipinski definition) is 5. The molecule has 0 aliphatic carbocycles. The van der Waals surface area contributed by atoms with E-state index in [9.17, 15) is 4.79 Å². The number of piperidine rings is 1. The van der Waals surface area contributed by atoms with Crippen LogP contribution in [0.25, 0.3) is 0 Å². The van der Waals surface area contributed by atoms with Gasteiger partial charge in [-0.05, 0) is 41.4 Å². The van der Waals surface area contributed by atoms with E-state index < -0.39 is 0 Å². The highest BCUT2D eigenvalue weighted by Crippen LogP contribution is 2.23. The summed E-state index contributed by atoms with van der Waals surface area (Å²) in [7, 11) is 1.43. The monoisotopic (exact) mass is 327 g/mol. The summed E-state index contributed by atoms with van der Waals surface area (Å²) in [6.45, 7) is 1.50. The number of carbonyl (C=O) groups excluding carboxylic acids is 1. The Labute approximate surface area is 121 Å². The Kier molecular flexibility index (Phi) is 4.76. The van der Waals surface area contributed by atoms with Gasteiger partial charge in [0.25, 0.3) is 0 Å². The summed E-state index contributed by atoms with van der Waals surface area (Å²) < 4.78 is 5.77. The molecule has 0 aromatic carbocycles. The summed E-state index contributed by atoms with van der Waals surface area (Å²) in [5.41, 5.74) is 6.82. The first-order valence-corrected chi connectivity index (χ1v) is 7.13. The van der Waals surface area contributed by atoms with Crippen molar-refractivity contribution in [3.63, 3.8) is 0 Å². The van der Waals surface area contributed by atoms with E-state index in [-0.39, 0.29) is 12.0 Å². The summed E-state index contributed by atoms with van der Waals surface area (Å²) in [5, 5.41) is 0. The third-order valence-corrected chi connectivity index (χ3v) is 3.86. The van der Waals surface area contributed by atoms with E-state index in [2.05, 4.69) is 25.8 Å². The quantitative estimate of drug-likeness (QED) is 0.859. The number of esters is 1. The minimum Gasteiger partial charge on any atom is -0.468 e. The summed E-state index contributed by atoms with van der Waals surface area (Å²) in [5.74, 6) is 0.346. The molecule has 0 bridgehead atoms. The first kappa shape index (κ1) is 14.3. The molecule has 104 valence electrons. The lowest BCUT2D eigenvalue weighted by molar-refractivity contribution is -0.148. The highest BCUT2D eigenvalue weighted by atomic mass is 79.9. The largest absolute Gasteiger partial charge is 0.468 e. The van der Waals surface area contributed by atoms with Crippen molar-refractivity contribution >= 4 is 27.7 Å². The number of nitrogens with two attached hydrogens (primary N) is 1. The summed E-state index contributed by atoms with van der Waals surface area (Å²) in [4.78, 5) is 18.0. The lowest BCUT2D eigenvalue weighted by Crippen LogP contribution is -2.44. The molecule has 1 atom stereocenters. The lowest BCUT2D eigenvalue weighted by Gasteiger charge is -2.33. The Bertz CT molecular complexity index is 467. The van der Waals surface area contributed by atoms with Crippen LogP contribution in [0.1, 0.15) is 24.8 Å². The third kappa shape index (κ3) is 3.45. The lowest BCUT2D eigenvalue weighted by atomic mass is 10.0. The molecule has 1 aliphatic rings. The molecule has 2 heterocycles. The van der Waals surface area contributed by atoms with Gasteiger partial charge < -0.3 is 10.5 Å². The standard InChI is InChI=1S/C13H18BrN3O2/c1-19-13(18)11-4-2-3-5-17(11)8-9-6-10(14)7-16-12(9)15/h6-7,11H,2-5,8H2,1H3,(H2,15,16). The van der Waals surface area contributed by atoms with Crippen LogP contribution in [-0.2, 0) is 16.1 Å². The molecule has 0 amide bonds. The first-order valence-electron chi connectivity index (χ1n) is 6.33. The Morgan fingerprint density at radius 2 is 2.42 bits per heavy atom. The number of carbonyl (C=O) groups is 1. The Hall–Kier alpha value is -1.14. The number of pyridine rings is 1. The van der Waals surface area contributed by atoms with Gasteiger partial charge in [0.05, 0.1) is 7.11 Å². The zero-order valence-electron chi connectivity index (χ0n) is 10.9. The molecule has 2 rings (SSSR count). The maximum Gasteiger partial charge on any atom is 0.323 e. The maximum absolute atomic E-state index is 11.8. The van der Waals surface area contributed by atoms with Crippen LogP contribution in [0.15, 0.2) is 16.7 Å². The van der Waals surface area contributed by atoms with Crippen LogP contribution in [0, 0.1) is 0 Å². The van der Waals surface area contributed by atoms with Crippen molar-refractivity contribution in [3.05, 3.63) is 22.3 Å². The normalized spacial score (nSPS) is 20.2. The number of hydrogen-bond donors (Lipinski definition) is 1. The number of nitrogens with zero attached hydrogens (tertiary/aromatic N) is 2. The van der Waals surface area contributed by atoms with Gasteiger partial charge in [-0.2, -0.15) is 0 Å². The van der Waals surface area contributed by atoms with Gasteiger partial charge in [-0.1, -0.05) is 6.42 Å². The minimum atomic E-state index is -0.169. The summed E-state index contributed by atoms with van der Waals surface area (Å²) in [6, 6.07) is 1.78. The fraction of sp³-hybridized carbons (Fsp3) is 0.538. The molecule has 19 heavy (non-hydrogen) atoms. The van der Waals surface area contributed by atoms with Crippen molar-refractivity contribution in [2.24, 2.45) is 0 Å². The number of nitrogen functional groups attached to an aromatic ring is 1. The molecule has 1 aliphatic heterocycles. The number of rotatable bonds is 3. The molecule has 5 nitrogen and oxygen atoms in total. The van der Waals surface area contributed by atoms with E-state index in [1.807, 2.05) is 6.07 Å². The molecule has 1 fully saturated rings. The second kappa shape index (κ2) is 6.34. The van der Waals surface area contributed by atoms with Gasteiger partial charge in [-0.15, -0.1) is 0 Å². The van der Waals surface area contributed by atoms with Crippen molar-refractivity contribution in [2.75, 3.05) is 19.4 Å². The van der Waals surface area contributed by atoms with E-state index in [1.165, 1.54) is 7.11 Å². The average molecular weight is 328 g/mol. The van der Waals surface area contributed by atoms with Gasteiger partial charge in [0.15, 0.2) is 0 Å². The third-order valence-electron chi connectivity index (χ3n) is 3.43. The van der Waals surface area contributed by atoms with Gasteiger partial charge in [0.1, 0.15) is 11.9 Å². The molecule has 0 saturated carbocycles. The smallest absolute Gasteiger partial charge is 0.323 e. The number of halogens is 1. The highest BCUT2D eigenvalue weighted by molar-refractivity contribution is 9.10. The molecule has 1 saturated heterocycles.